The second kappa shape index (κ2) is 11.2. The number of hydrogen-bond donors (Lipinski definition) is 1. The zero-order chi connectivity index (χ0) is 18.8. The Kier molecular flexibility index (Phi) is 8.89. The van der Waals surface area contributed by atoms with E-state index in [2.05, 4.69) is 47.1 Å². The van der Waals surface area contributed by atoms with E-state index < -0.39 is 0 Å². The number of likely N-dealkylation sites (N-methyl/N-ethyl adjacent to an activating group) is 1. The lowest BCUT2D eigenvalue weighted by Gasteiger charge is -2.31. The lowest BCUT2D eigenvalue weighted by molar-refractivity contribution is -0.121. The third kappa shape index (κ3) is 6.60. The number of pyridine rings is 1. The van der Waals surface area contributed by atoms with E-state index in [4.69, 9.17) is 0 Å². The van der Waals surface area contributed by atoms with Gasteiger partial charge in [0.1, 0.15) is 5.82 Å². The molecule has 2 rings (SSSR count). The highest BCUT2D eigenvalue weighted by Gasteiger charge is 2.17. The number of carbonyl (C=O) groups excluding carboxylic acids is 1. The lowest BCUT2D eigenvalue weighted by Crippen LogP contribution is -2.39. The van der Waals surface area contributed by atoms with Gasteiger partial charge in [0.15, 0.2) is 0 Å². The molecule has 1 aromatic rings. The second-order valence-electron chi connectivity index (χ2n) is 7.32. The maximum absolute atomic E-state index is 12.1. The topological polar surface area (TPSA) is 48.5 Å². The Balaban J connectivity index is 1.69. The molecule has 5 heteroatoms. The van der Waals surface area contributed by atoms with Crippen LogP contribution in [0.2, 0.25) is 0 Å². The fourth-order valence-electron chi connectivity index (χ4n) is 3.76. The monoisotopic (exact) mass is 360 g/mol. The van der Waals surface area contributed by atoms with Gasteiger partial charge in [0.25, 0.3) is 0 Å². The normalized spacial score (nSPS) is 15.2. The highest BCUT2D eigenvalue weighted by atomic mass is 16.1. The van der Waals surface area contributed by atoms with Crippen molar-refractivity contribution in [3.05, 3.63) is 23.9 Å². The molecular formula is C21H36N4O. The fourth-order valence-corrected chi connectivity index (χ4v) is 3.76. The van der Waals surface area contributed by atoms with Crippen LogP contribution in [0.3, 0.4) is 0 Å². The lowest BCUT2D eigenvalue weighted by atomic mass is 9.94. The molecule has 0 atom stereocenters. The highest BCUT2D eigenvalue weighted by molar-refractivity contribution is 5.76. The largest absolute Gasteiger partial charge is 0.357 e. The predicted octanol–water partition coefficient (Wildman–Crippen LogP) is 3.24. The highest BCUT2D eigenvalue weighted by Crippen LogP contribution is 2.21. The van der Waals surface area contributed by atoms with Crippen molar-refractivity contribution < 1.29 is 4.79 Å². The Bertz CT molecular complexity index is 539. The molecule has 0 bridgehead atoms. The number of amides is 1. The zero-order valence-corrected chi connectivity index (χ0v) is 16.8. The van der Waals surface area contributed by atoms with Crippen molar-refractivity contribution in [1.29, 1.82) is 0 Å². The molecule has 1 aliphatic rings. The number of rotatable bonds is 10. The van der Waals surface area contributed by atoms with Crippen molar-refractivity contribution in [2.45, 2.75) is 64.8 Å². The van der Waals surface area contributed by atoms with Crippen molar-refractivity contribution in [2.75, 3.05) is 38.1 Å². The quantitative estimate of drug-likeness (QED) is 0.696. The molecule has 5 nitrogen and oxygen atoms in total. The van der Waals surface area contributed by atoms with E-state index in [0.717, 1.165) is 38.4 Å². The van der Waals surface area contributed by atoms with E-state index in [1.807, 2.05) is 12.3 Å². The third-order valence-corrected chi connectivity index (χ3v) is 5.52. The Morgan fingerprint density at radius 3 is 2.65 bits per heavy atom. The van der Waals surface area contributed by atoms with Crippen LogP contribution < -0.4 is 10.2 Å². The minimum atomic E-state index is 0.142. The number of nitrogens with zero attached hydrogens (tertiary/aromatic N) is 3. The fraction of sp³-hybridized carbons (Fsp3) is 0.714. The van der Waals surface area contributed by atoms with E-state index in [-0.39, 0.29) is 5.91 Å². The summed E-state index contributed by atoms with van der Waals surface area (Å²) in [6.07, 6.45) is 9.84. The van der Waals surface area contributed by atoms with Gasteiger partial charge in [0, 0.05) is 44.8 Å². The van der Waals surface area contributed by atoms with Gasteiger partial charge in [-0.05, 0) is 57.9 Å². The number of nitrogens with one attached hydrogen (secondary N) is 1. The summed E-state index contributed by atoms with van der Waals surface area (Å²) >= 11 is 0. The van der Waals surface area contributed by atoms with Crippen LogP contribution >= 0.6 is 0 Å². The Morgan fingerprint density at radius 1 is 1.23 bits per heavy atom. The van der Waals surface area contributed by atoms with Gasteiger partial charge in [0.2, 0.25) is 5.91 Å². The van der Waals surface area contributed by atoms with Crippen LogP contribution in [0.25, 0.3) is 0 Å². The molecule has 0 saturated heterocycles. The summed E-state index contributed by atoms with van der Waals surface area (Å²) < 4.78 is 0. The number of hydrogen-bond acceptors (Lipinski definition) is 4. The summed E-state index contributed by atoms with van der Waals surface area (Å²) in [7, 11) is 2.19. The summed E-state index contributed by atoms with van der Waals surface area (Å²) in [6.45, 7) is 7.85. The van der Waals surface area contributed by atoms with E-state index in [1.54, 1.807) is 0 Å². The molecule has 1 amide bonds. The molecule has 26 heavy (non-hydrogen) atoms. The molecule has 1 heterocycles. The molecule has 0 spiro atoms. The molecule has 1 saturated carbocycles. The van der Waals surface area contributed by atoms with Crippen molar-refractivity contribution in [3.8, 4) is 0 Å². The van der Waals surface area contributed by atoms with Gasteiger partial charge in [-0.1, -0.05) is 19.3 Å². The number of anilines is 1. The van der Waals surface area contributed by atoms with Gasteiger partial charge < -0.3 is 15.1 Å². The van der Waals surface area contributed by atoms with Crippen LogP contribution in [0.4, 0.5) is 5.82 Å². The van der Waals surface area contributed by atoms with Crippen molar-refractivity contribution in [2.24, 2.45) is 0 Å². The molecule has 146 valence electrons. The summed E-state index contributed by atoms with van der Waals surface area (Å²) in [6, 6.07) is 4.82. The Labute approximate surface area is 159 Å². The van der Waals surface area contributed by atoms with Gasteiger partial charge in [-0.2, -0.15) is 0 Å². The maximum atomic E-state index is 12.1. The van der Waals surface area contributed by atoms with Crippen LogP contribution in [-0.4, -0.2) is 55.1 Å². The molecule has 1 fully saturated rings. The van der Waals surface area contributed by atoms with Crippen molar-refractivity contribution in [1.82, 2.24) is 15.2 Å². The average molecular weight is 361 g/mol. The average Bonchev–Trinajstić information content (AvgIpc) is 2.68. The summed E-state index contributed by atoms with van der Waals surface area (Å²) in [4.78, 5) is 21.2. The molecule has 0 aliphatic heterocycles. The number of aryl methyl sites for hydroxylation is 1. The van der Waals surface area contributed by atoms with Gasteiger partial charge in [-0.15, -0.1) is 0 Å². The minimum Gasteiger partial charge on any atom is -0.357 e. The number of aromatic nitrogens is 1. The van der Waals surface area contributed by atoms with Gasteiger partial charge >= 0.3 is 0 Å². The van der Waals surface area contributed by atoms with E-state index in [0.29, 0.717) is 12.5 Å². The molecule has 1 aliphatic carbocycles. The van der Waals surface area contributed by atoms with Crippen LogP contribution in [0.5, 0.6) is 0 Å². The molecule has 0 unspecified atom stereocenters. The Morgan fingerprint density at radius 2 is 1.96 bits per heavy atom. The molecule has 1 aromatic heterocycles. The Hall–Kier alpha value is -1.62. The van der Waals surface area contributed by atoms with Crippen LogP contribution in [0, 0.1) is 0 Å². The standard InChI is InChI=1S/C21H36N4O/c1-4-25(5-2)20-17-18(13-14-22-20)11-12-21(26)23-15-16-24(3)19-9-7-6-8-10-19/h13-14,17,19H,4-12,15-16H2,1-3H3,(H,23,26). The SMILES string of the molecule is CCN(CC)c1cc(CCC(=O)NCCN(C)C2CCCCC2)ccn1. The first-order valence-corrected chi connectivity index (χ1v) is 10.3. The van der Waals surface area contributed by atoms with Crippen molar-refractivity contribution in [3.63, 3.8) is 0 Å². The summed E-state index contributed by atoms with van der Waals surface area (Å²) in [5, 5.41) is 3.08. The van der Waals surface area contributed by atoms with E-state index in [9.17, 15) is 4.79 Å². The molecule has 0 radical (unpaired) electrons. The van der Waals surface area contributed by atoms with Crippen LogP contribution in [0.15, 0.2) is 18.3 Å². The zero-order valence-electron chi connectivity index (χ0n) is 16.8. The first kappa shape index (κ1) is 20.7. The van der Waals surface area contributed by atoms with Crippen molar-refractivity contribution >= 4 is 11.7 Å². The third-order valence-electron chi connectivity index (χ3n) is 5.52. The minimum absolute atomic E-state index is 0.142. The molecule has 0 aromatic carbocycles. The summed E-state index contributed by atoms with van der Waals surface area (Å²) in [5.74, 6) is 1.14. The molecular weight excluding hydrogens is 324 g/mol. The number of carbonyl (C=O) groups is 1. The van der Waals surface area contributed by atoms with E-state index in [1.165, 1.54) is 37.7 Å². The van der Waals surface area contributed by atoms with E-state index >= 15 is 0 Å². The first-order chi connectivity index (χ1) is 12.6. The van der Waals surface area contributed by atoms with Gasteiger partial charge in [0.05, 0.1) is 0 Å². The smallest absolute Gasteiger partial charge is 0.220 e. The molecule has 1 N–H and O–H groups in total. The maximum Gasteiger partial charge on any atom is 0.220 e. The van der Waals surface area contributed by atoms with Gasteiger partial charge in [-0.3, -0.25) is 4.79 Å². The predicted molar refractivity (Wildman–Crippen MR) is 109 cm³/mol. The van der Waals surface area contributed by atoms with Crippen LogP contribution in [0.1, 0.15) is 57.9 Å². The second-order valence-corrected chi connectivity index (χ2v) is 7.32. The first-order valence-electron chi connectivity index (χ1n) is 10.3. The summed E-state index contributed by atoms with van der Waals surface area (Å²) in [5.41, 5.74) is 1.18. The van der Waals surface area contributed by atoms with Gasteiger partial charge in [-0.25, -0.2) is 4.98 Å². The van der Waals surface area contributed by atoms with Crippen LogP contribution in [-0.2, 0) is 11.2 Å².